The number of nitrogens with zero attached hydrogens (tertiary/aromatic N) is 2. The van der Waals surface area contributed by atoms with Crippen molar-refractivity contribution in [3.05, 3.63) is 88.5 Å². The van der Waals surface area contributed by atoms with Crippen molar-refractivity contribution < 1.29 is 28.2 Å². The topological polar surface area (TPSA) is 62.2 Å². The third-order valence-corrected chi connectivity index (χ3v) is 6.09. The van der Waals surface area contributed by atoms with Gasteiger partial charge in [0.25, 0.3) is 12.3 Å². The van der Waals surface area contributed by atoms with E-state index in [0.29, 0.717) is 26.1 Å². The molecule has 0 radical (unpaired) electrons. The van der Waals surface area contributed by atoms with Crippen LogP contribution in [0.4, 0.5) is 8.78 Å². The number of amides is 1. The minimum atomic E-state index is -2.81. The summed E-state index contributed by atoms with van der Waals surface area (Å²) in [5.41, 5.74) is 2.36. The van der Waals surface area contributed by atoms with Crippen molar-refractivity contribution in [2.24, 2.45) is 0 Å². The smallest absolute Gasteiger partial charge is 0.264 e. The molecule has 0 saturated carbocycles. The van der Waals surface area contributed by atoms with Crippen molar-refractivity contribution in [3.63, 3.8) is 0 Å². The van der Waals surface area contributed by atoms with E-state index in [1.54, 1.807) is 4.90 Å². The Balaban J connectivity index is 1.56. The van der Waals surface area contributed by atoms with Gasteiger partial charge in [-0.2, -0.15) is 0 Å². The normalized spacial score (nSPS) is 13.1. The summed E-state index contributed by atoms with van der Waals surface area (Å²) in [4.78, 5) is 17.2. The molecule has 0 aromatic heterocycles. The van der Waals surface area contributed by atoms with E-state index >= 15 is 0 Å². The van der Waals surface area contributed by atoms with E-state index in [4.69, 9.17) is 9.47 Å². The molecule has 3 aromatic rings. The van der Waals surface area contributed by atoms with Gasteiger partial charge in [0.2, 0.25) is 0 Å². The minimum Gasteiger partial charge on any atom is -0.507 e. The summed E-state index contributed by atoms with van der Waals surface area (Å²) in [5.74, 6) is -0.333. The van der Waals surface area contributed by atoms with Gasteiger partial charge in [0.1, 0.15) is 36.0 Å². The number of fused-ring (bicyclic) bond motifs is 1. The lowest BCUT2D eigenvalue weighted by atomic mass is 9.98. The summed E-state index contributed by atoms with van der Waals surface area (Å²) >= 11 is 0. The highest BCUT2D eigenvalue weighted by Gasteiger charge is 2.28. The molecule has 0 spiro atoms. The number of alkyl halides is 2. The zero-order valence-electron chi connectivity index (χ0n) is 20.4. The monoisotopic (exact) mass is 496 g/mol. The Kier molecular flexibility index (Phi) is 8.05. The molecule has 1 aliphatic heterocycles. The molecular formula is C28H30F2N2O4. The quantitative estimate of drug-likeness (QED) is 0.449. The molecule has 1 heterocycles. The van der Waals surface area contributed by atoms with E-state index in [-0.39, 0.29) is 17.9 Å². The summed E-state index contributed by atoms with van der Waals surface area (Å²) in [6.45, 7) is 2.14. The maximum Gasteiger partial charge on any atom is 0.264 e. The first-order chi connectivity index (χ1) is 17.3. The fourth-order valence-corrected chi connectivity index (χ4v) is 4.11. The molecule has 1 N–H and O–H groups in total. The van der Waals surface area contributed by atoms with Crippen LogP contribution in [-0.4, -0.2) is 54.6 Å². The molecule has 4 rings (SSSR count). The van der Waals surface area contributed by atoms with E-state index < -0.39 is 23.6 Å². The van der Waals surface area contributed by atoms with Crippen LogP contribution in [-0.2, 0) is 19.6 Å². The number of likely N-dealkylation sites (N-methyl/N-ethyl adjacent to an activating group) is 1. The molecule has 3 aromatic carbocycles. The molecular weight excluding hydrogens is 466 g/mol. The summed E-state index contributed by atoms with van der Waals surface area (Å²) < 4.78 is 38.5. The number of hydrogen-bond acceptors (Lipinski definition) is 5. The second-order valence-electron chi connectivity index (χ2n) is 9.05. The third kappa shape index (κ3) is 6.12. The van der Waals surface area contributed by atoms with Crippen LogP contribution in [0.5, 0.6) is 17.2 Å². The van der Waals surface area contributed by atoms with Gasteiger partial charge in [-0.05, 0) is 61.5 Å². The first kappa shape index (κ1) is 25.4. The number of benzene rings is 3. The second kappa shape index (κ2) is 11.4. The van der Waals surface area contributed by atoms with Crippen LogP contribution in [0.2, 0.25) is 0 Å². The van der Waals surface area contributed by atoms with Crippen molar-refractivity contribution in [1.82, 2.24) is 9.80 Å². The van der Waals surface area contributed by atoms with Crippen LogP contribution in [0.3, 0.4) is 0 Å². The standard InChI is InChI=1S/C28H30F2N2O4/c1-31(2)12-13-35-23-9-8-20-10-11-32(17-22(20)14-23)28(34)26-24(33)15-21(27(29)30)16-25(26)36-18-19-6-4-3-5-7-19/h3-9,14-16,27,33H,10-13,17-18H2,1-2H3. The Morgan fingerprint density at radius 2 is 1.83 bits per heavy atom. The first-order valence-electron chi connectivity index (χ1n) is 11.8. The predicted octanol–water partition coefficient (Wildman–Crippen LogP) is 5.05. The van der Waals surface area contributed by atoms with Gasteiger partial charge < -0.3 is 24.4 Å². The number of carbonyl (C=O) groups excluding carboxylic acids is 1. The highest BCUT2D eigenvalue weighted by Crippen LogP contribution is 2.36. The molecule has 0 aliphatic carbocycles. The molecule has 0 bridgehead atoms. The molecule has 1 amide bonds. The Bertz CT molecular complexity index is 1200. The van der Waals surface area contributed by atoms with E-state index in [1.165, 1.54) is 0 Å². The predicted molar refractivity (Wildman–Crippen MR) is 133 cm³/mol. The fourth-order valence-electron chi connectivity index (χ4n) is 4.11. The average molecular weight is 497 g/mol. The van der Waals surface area contributed by atoms with Gasteiger partial charge in [0.15, 0.2) is 0 Å². The van der Waals surface area contributed by atoms with Gasteiger partial charge in [-0.3, -0.25) is 4.79 Å². The van der Waals surface area contributed by atoms with Crippen molar-refractivity contribution in [1.29, 1.82) is 0 Å². The summed E-state index contributed by atoms with van der Waals surface area (Å²) in [6.07, 6.45) is -2.18. The molecule has 6 nitrogen and oxygen atoms in total. The van der Waals surface area contributed by atoms with Crippen molar-refractivity contribution in [2.45, 2.75) is 26.0 Å². The molecule has 36 heavy (non-hydrogen) atoms. The van der Waals surface area contributed by atoms with Gasteiger partial charge in [-0.1, -0.05) is 36.4 Å². The van der Waals surface area contributed by atoms with Gasteiger partial charge in [-0.25, -0.2) is 8.78 Å². The van der Waals surface area contributed by atoms with Crippen LogP contribution in [0, 0.1) is 0 Å². The number of phenolic OH excluding ortho intramolecular Hbond substituents is 1. The van der Waals surface area contributed by atoms with Crippen LogP contribution in [0.1, 0.15) is 39.0 Å². The first-order valence-corrected chi connectivity index (χ1v) is 11.8. The van der Waals surface area contributed by atoms with E-state index in [9.17, 15) is 18.7 Å². The van der Waals surface area contributed by atoms with E-state index in [1.807, 2.05) is 67.5 Å². The van der Waals surface area contributed by atoms with E-state index in [0.717, 1.165) is 41.1 Å². The zero-order valence-corrected chi connectivity index (χ0v) is 20.4. The van der Waals surface area contributed by atoms with E-state index in [2.05, 4.69) is 0 Å². The molecule has 0 fully saturated rings. The Hall–Kier alpha value is -3.65. The molecule has 8 heteroatoms. The number of rotatable bonds is 9. The van der Waals surface area contributed by atoms with Crippen molar-refractivity contribution >= 4 is 5.91 Å². The SMILES string of the molecule is CN(C)CCOc1ccc2c(c1)CN(C(=O)c1c(O)cc(C(F)F)cc1OCc1ccccc1)CC2. The lowest BCUT2D eigenvalue weighted by molar-refractivity contribution is 0.0725. The van der Waals surface area contributed by atoms with Gasteiger partial charge in [-0.15, -0.1) is 0 Å². The Morgan fingerprint density at radius 3 is 2.56 bits per heavy atom. The second-order valence-corrected chi connectivity index (χ2v) is 9.05. The number of hydrogen-bond donors (Lipinski definition) is 1. The lowest BCUT2D eigenvalue weighted by Gasteiger charge is -2.30. The fraction of sp³-hybridized carbons (Fsp3) is 0.321. The van der Waals surface area contributed by atoms with Crippen LogP contribution in [0.25, 0.3) is 0 Å². The number of carbonyl (C=O) groups is 1. The molecule has 0 unspecified atom stereocenters. The van der Waals surface area contributed by atoms with Gasteiger partial charge in [0.05, 0.1) is 0 Å². The van der Waals surface area contributed by atoms with Gasteiger partial charge >= 0.3 is 0 Å². The van der Waals surface area contributed by atoms with Crippen LogP contribution in [0.15, 0.2) is 60.7 Å². The number of halogens is 2. The number of phenols is 1. The third-order valence-electron chi connectivity index (χ3n) is 6.09. The van der Waals surface area contributed by atoms with Crippen molar-refractivity contribution in [2.75, 3.05) is 33.8 Å². The van der Waals surface area contributed by atoms with Gasteiger partial charge in [0, 0.05) is 25.2 Å². The summed E-state index contributed by atoms with van der Waals surface area (Å²) in [5, 5.41) is 10.6. The summed E-state index contributed by atoms with van der Waals surface area (Å²) in [7, 11) is 3.95. The van der Waals surface area contributed by atoms with Crippen LogP contribution < -0.4 is 9.47 Å². The number of aromatic hydroxyl groups is 1. The minimum absolute atomic E-state index is 0.0641. The molecule has 0 saturated heterocycles. The molecule has 0 atom stereocenters. The molecule has 1 aliphatic rings. The highest BCUT2D eigenvalue weighted by atomic mass is 19.3. The molecule has 190 valence electrons. The Labute approximate surface area is 209 Å². The maximum atomic E-state index is 13.5. The number of ether oxygens (including phenoxy) is 2. The largest absolute Gasteiger partial charge is 0.507 e. The Morgan fingerprint density at radius 1 is 1.06 bits per heavy atom. The zero-order chi connectivity index (χ0) is 25.7. The van der Waals surface area contributed by atoms with Crippen molar-refractivity contribution in [3.8, 4) is 17.2 Å². The average Bonchev–Trinajstić information content (AvgIpc) is 2.86. The lowest BCUT2D eigenvalue weighted by Crippen LogP contribution is -2.36. The van der Waals surface area contributed by atoms with Crippen LogP contribution >= 0.6 is 0 Å². The maximum absolute atomic E-state index is 13.5. The summed E-state index contributed by atoms with van der Waals surface area (Å²) in [6, 6.07) is 17.1. The highest BCUT2D eigenvalue weighted by molar-refractivity contribution is 6.00.